The van der Waals surface area contributed by atoms with Crippen LogP contribution in [0.25, 0.3) is 77.3 Å². The van der Waals surface area contributed by atoms with Crippen LogP contribution in [0.4, 0.5) is 0 Å². The van der Waals surface area contributed by atoms with Gasteiger partial charge in [0.15, 0.2) is 0 Å². The second-order valence-electron chi connectivity index (χ2n) is 16.1. The van der Waals surface area contributed by atoms with E-state index in [2.05, 4.69) is 152 Å². The summed E-state index contributed by atoms with van der Waals surface area (Å²) in [4.78, 5) is 0. The molecule has 0 saturated carbocycles. The van der Waals surface area contributed by atoms with Gasteiger partial charge in [-0.3, -0.25) is 0 Å². The standard InChI is InChI=1S/C49H46O2/c1-26(2)30-13-15-46-42(18-30)44-24-36(28(5)6)22-40(48(44)50-46)34-11-9-32-17-33-10-12-35(21-39(33)38(32)20-34)41-23-37(29(7)8)25-45-43-19-31(27(3)4)14-16-47(43)51-49(41)45/h9-16,18-29H,17H2,1-8H3. The van der Waals surface area contributed by atoms with E-state index in [1.165, 1.54) is 88.3 Å². The van der Waals surface area contributed by atoms with Crippen LogP contribution < -0.4 is 0 Å². The molecule has 0 spiro atoms. The SMILES string of the molecule is CC(C)c1ccc2oc3c(-c4ccc5c(c4)-c4cc(-c6cc(C(C)C)cc7c6oc6ccc(C(C)C)cc67)ccc4C5)cc(C(C)C)cc3c2c1. The Kier molecular flexibility index (Phi) is 7.33. The fourth-order valence-corrected chi connectivity index (χ4v) is 8.15. The lowest BCUT2D eigenvalue weighted by atomic mass is 9.91. The van der Waals surface area contributed by atoms with E-state index >= 15 is 0 Å². The Bertz CT molecular complexity index is 2490. The lowest BCUT2D eigenvalue weighted by Gasteiger charge is -2.13. The number of rotatable bonds is 6. The van der Waals surface area contributed by atoms with Crippen molar-refractivity contribution in [1.82, 2.24) is 0 Å². The summed E-state index contributed by atoms with van der Waals surface area (Å²) in [6, 6.07) is 36.9. The minimum absolute atomic E-state index is 0.401. The molecule has 1 aliphatic rings. The predicted molar refractivity (Wildman–Crippen MR) is 216 cm³/mol. The molecule has 0 unspecified atom stereocenters. The quantitative estimate of drug-likeness (QED) is 0.177. The van der Waals surface area contributed by atoms with Gasteiger partial charge < -0.3 is 8.83 Å². The van der Waals surface area contributed by atoms with Crippen LogP contribution in [0.5, 0.6) is 0 Å². The molecule has 0 aliphatic heterocycles. The van der Waals surface area contributed by atoms with Crippen LogP contribution in [0.1, 0.15) is 112 Å². The molecule has 2 heterocycles. The summed E-state index contributed by atoms with van der Waals surface area (Å²) >= 11 is 0. The molecule has 2 heteroatoms. The summed E-state index contributed by atoms with van der Waals surface area (Å²) in [7, 11) is 0. The second-order valence-corrected chi connectivity index (χ2v) is 16.1. The summed E-state index contributed by atoms with van der Waals surface area (Å²) in [5.74, 6) is 1.72. The van der Waals surface area contributed by atoms with Crippen molar-refractivity contribution < 1.29 is 8.83 Å². The molecule has 0 N–H and O–H groups in total. The van der Waals surface area contributed by atoms with E-state index in [1.54, 1.807) is 0 Å². The van der Waals surface area contributed by atoms with Gasteiger partial charge in [0.05, 0.1) is 0 Å². The van der Waals surface area contributed by atoms with Crippen molar-refractivity contribution in [3.63, 3.8) is 0 Å². The van der Waals surface area contributed by atoms with Crippen LogP contribution in [0, 0.1) is 0 Å². The van der Waals surface area contributed by atoms with Crippen molar-refractivity contribution in [1.29, 1.82) is 0 Å². The zero-order chi connectivity index (χ0) is 35.3. The van der Waals surface area contributed by atoms with Gasteiger partial charge in [0.25, 0.3) is 0 Å². The molecular formula is C49H46O2. The largest absolute Gasteiger partial charge is 0.455 e. The van der Waals surface area contributed by atoms with Crippen molar-refractivity contribution in [2.45, 2.75) is 85.5 Å². The second kappa shape index (κ2) is 11.7. The molecule has 2 aromatic heterocycles. The summed E-state index contributed by atoms with van der Waals surface area (Å²) in [5.41, 5.74) is 19.3. The maximum atomic E-state index is 6.68. The fourth-order valence-electron chi connectivity index (χ4n) is 8.15. The molecule has 0 radical (unpaired) electrons. The van der Waals surface area contributed by atoms with Gasteiger partial charge in [0.1, 0.15) is 22.3 Å². The smallest absolute Gasteiger partial charge is 0.143 e. The molecule has 254 valence electrons. The topological polar surface area (TPSA) is 26.3 Å². The summed E-state index contributed by atoms with van der Waals surface area (Å²) in [6.07, 6.45) is 0.944. The number of furan rings is 2. The van der Waals surface area contributed by atoms with E-state index in [4.69, 9.17) is 8.83 Å². The van der Waals surface area contributed by atoms with E-state index in [9.17, 15) is 0 Å². The number of fused-ring (bicyclic) bond motifs is 9. The Balaban J connectivity index is 1.21. The lowest BCUT2D eigenvalue weighted by Crippen LogP contribution is -1.91. The Morgan fingerprint density at radius 3 is 1.16 bits per heavy atom. The number of hydrogen-bond acceptors (Lipinski definition) is 2. The van der Waals surface area contributed by atoms with Crippen molar-refractivity contribution in [3.8, 4) is 33.4 Å². The lowest BCUT2D eigenvalue weighted by molar-refractivity contribution is 0.669. The average Bonchev–Trinajstić information content (AvgIpc) is 3.80. The molecule has 9 rings (SSSR count). The van der Waals surface area contributed by atoms with E-state index in [0.29, 0.717) is 23.7 Å². The normalized spacial score (nSPS) is 12.9. The third-order valence-corrected chi connectivity index (χ3v) is 11.4. The Labute approximate surface area is 301 Å². The molecule has 0 fully saturated rings. The van der Waals surface area contributed by atoms with E-state index in [1.807, 2.05) is 0 Å². The predicted octanol–water partition coefficient (Wildman–Crippen LogP) is 14.9. The molecule has 1 aliphatic carbocycles. The highest BCUT2D eigenvalue weighted by Gasteiger charge is 2.24. The summed E-state index contributed by atoms with van der Waals surface area (Å²) in [5, 5.41) is 4.82. The molecule has 8 aromatic rings. The van der Waals surface area contributed by atoms with Crippen LogP contribution in [0.15, 0.2) is 106 Å². The average molecular weight is 667 g/mol. The van der Waals surface area contributed by atoms with Gasteiger partial charge in [-0.2, -0.15) is 0 Å². The first-order valence-electron chi connectivity index (χ1n) is 18.8. The minimum atomic E-state index is 0.401. The Morgan fingerprint density at radius 2 is 0.765 bits per heavy atom. The van der Waals surface area contributed by atoms with E-state index in [-0.39, 0.29) is 0 Å². The monoisotopic (exact) mass is 666 g/mol. The molecule has 51 heavy (non-hydrogen) atoms. The van der Waals surface area contributed by atoms with E-state index in [0.717, 1.165) is 28.8 Å². The number of hydrogen-bond donors (Lipinski definition) is 0. The van der Waals surface area contributed by atoms with Crippen molar-refractivity contribution in [2.75, 3.05) is 0 Å². The molecule has 0 amide bonds. The van der Waals surface area contributed by atoms with Gasteiger partial charge in [-0.1, -0.05) is 91.8 Å². The first-order chi connectivity index (χ1) is 24.5. The van der Waals surface area contributed by atoms with Gasteiger partial charge in [0, 0.05) is 32.7 Å². The zero-order valence-corrected chi connectivity index (χ0v) is 31.1. The van der Waals surface area contributed by atoms with Gasteiger partial charge in [-0.15, -0.1) is 0 Å². The van der Waals surface area contributed by atoms with Crippen LogP contribution in [0.2, 0.25) is 0 Å². The highest BCUT2D eigenvalue weighted by Crippen LogP contribution is 2.46. The third kappa shape index (κ3) is 5.14. The van der Waals surface area contributed by atoms with Gasteiger partial charge in [0.2, 0.25) is 0 Å². The molecule has 2 nitrogen and oxygen atoms in total. The molecule has 0 saturated heterocycles. The zero-order valence-electron chi connectivity index (χ0n) is 31.1. The Morgan fingerprint density at radius 1 is 0.373 bits per heavy atom. The first kappa shape index (κ1) is 31.9. The molecule has 0 atom stereocenters. The minimum Gasteiger partial charge on any atom is -0.455 e. The molecule has 0 bridgehead atoms. The number of benzene rings is 6. The van der Waals surface area contributed by atoms with Crippen molar-refractivity contribution >= 4 is 43.9 Å². The maximum Gasteiger partial charge on any atom is 0.143 e. The van der Waals surface area contributed by atoms with Gasteiger partial charge in [-0.05, 0) is 146 Å². The first-order valence-corrected chi connectivity index (χ1v) is 18.8. The fraction of sp³-hybridized carbons (Fsp3) is 0.265. The summed E-state index contributed by atoms with van der Waals surface area (Å²) < 4.78 is 13.4. The highest BCUT2D eigenvalue weighted by atomic mass is 16.3. The van der Waals surface area contributed by atoms with Crippen molar-refractivity contribution in [3.05, 3.63) is 130 Å². The van der Waals surface area contributed by atoms with Crippen LogP contribution in [-0.4, -0.2) is 0 Å². The Hall–Kier alpha value is -5.08. The molecular weight excluding hydrogens is 621 g/mol. The van der Waals surface area contributed by atoms with Crippen LogP contribution in [0.3, 0.4) is 0 Å². The van der Waals surface area contributed by atoms with Crippen LogP contribution in [-0.2, 0) is 6.42 Å². The maximum absolute atomic E-state index is 6.68. The molecule has 6 aromatic carbocycles. The van der Waals surface area contributed by atoms with Gasteiger partial charge in [-0.25, -0.2) is 0 Å². The van der Waals surface area contributed by atoms with Crippen LogP contribution >= 0.6 is 0 Å². The third-order valence-electron chi connectivity index (χ3n) is 11.4. The summed E-state index contributed by atoms with van der Waals surface area (Å²) in [6.45, 7) is 18.1. The van der Waals surface area contributed by atoms with E-state index < -0.39 is 0 Å². The highest BCUT2D eigenvalue weighted by molar-refractivity contribution is 6.12. The van der Waals surface area contributed by atoms with Gasteiger partial charge >= 0.3 is 0 Å². The van der Waals surface area contributed by atoms with Crippen molar-refractivity contribution in [2.24, 2.45) is 0 Å².